The minimum atomic E-state index is -0.273. The first kappa shape index (κ1) is 26.7. The van der Waals surface area contributed by atoms with Gasteiger partial charge < -0.3 is 4.90 Å². The summed E-state index contributed by atoms with van der Waals surface area (Å²) >= 11 is 0. The predicted molar refractivity (Wildman–Crippen MR) is 141 cm³/mol. The fourth-order valence-corrected chi connectivity index (χ4v) is 5.95. The molecule has 196 valence electrons. The first-order valence-corrected chi connectivity index (χ1v) is 13.6. The second-order valence-electron chi connectivity index (χ2n) is 11.0. The van der Waals surface area contributed by atoms with Crippen molar-refractivity contribution in [3.8, 4) is 0 Å². The van der Waals surface area contributed by atoms with E-state index in [-0.39, 0.29) is 29.6 Å². The van der Waals surface area contributed by atoms with Crippen LogP contribution in [0.15, 0.2) is 48.5 Å². The van der Waals surface area contributed by atoms with Crippen molar-refractivity contribution < 1.29 is 13.6 Å². The van der Waals surface area contributed by atoms with Crippen LogP contribution in [0.3, 0.4) is 0 Å². The van der Waals surface area contributed by atoms with Gasteiger partial charge in [0.25, 0.3) is 0 Å². The highest BCUT2D eigenvalue weighted by atomic mass is 19.1. The number of amides is 1. The third-order valence-corrected chi connectivity index (χ3v) is 7.98. The quantitative estimate of drug-likeness (QED) is 0.456. The van der Waals surface area contributed by atoms with E-state index in [2.05, 4.69) is 30.7 Å². The van der Waals surface area contributed by atoms with Crippen LogP contribution in [0.25, 0.3) is 0 Å². The Morgan fingerprint density at radius 2 is 1.36 bits per heavy atom. The topological polar surface area (TPSA) is 26.8 Å². The van der Waals surface area contributed by atoms with Gasteiger partial charge in [0, 0.05) is 32.2 Å². The molecule has 1 amide bonds. The second-order valence-corrected chi connectivity index (χ2v) is 11.0. The number of carbonyl (C=O) groups is 1. The van der Waals surface area contributed by atoms with Crippen LogP contribution in [0.5, 0.6) is 0 Å². The minimum absolute atomic E-state index is 0.0790. The lowest BCUT2D eigenvalue weighted by molar-refractivity contribution is -0.140. The Bertz CT molecular complexity index is 919. The zero-order chi connectivity index (χ0) is 25.7. The van der Waals surface area contributed by atoms with E-state index in [1.165, 1.54) is 56.4 Å². The fourth-order valence-electron chi connectivity index (χ4n) is 5.95. The maximum atomic E-state index is 13.8. The van der Waals surface area contributed by atoms with Crippen molar-refractivity contribution in [2.45, 2.75) is 70.5 Å². The molecule has 1 aliphatic carbocycles. The van der Waals surface area contributed by atoms with E-state index in [0.29, 0.717) is 38.1 Å². The minimum Gasteiger partial charge on any atom is -0.339 e. The number of rotatable bonds is 8. The van der Waals surface area contributed by atoms with Gasteiger partial charge >= 0.3 is 0 Å². The standard InChI is InChI=1S/C30H41F2N3O/c1-22(2)21-28(33(3)27-7-5-4-6-8-27)30(36)35-19-17-34(18-20-35)29(23-9-13-25(31)14-10-23)24-11-15-26(32)16-12-24/h9-16,22,27-29H,4-8,17-21H2,1-3H3. The highest BCUT2D eigenvalue weighted by Gasteiger charge is 2.35. The molecule has 1 unspecified atom stereocenters. The molecule has 4 rings (SSSR count). The molecule has 2 aromatic rings. The molecule has 6 heteroatoms. The van der Waals surface area contributed by atoms with Crippen molar-refractivity contribution in [3.63, 3.8) is 0 Å². The molecule has 0 aromatic heterocycles. The summed E-state index contributed by atoms with van der Waals surface area (Å²) in [4.78, 5) is 20.5. The maximum absolute atomic E-state index is 13.8. The highest BCUT2D eigenvalue weighted by molar-refractivity contribution is 5.82. The molecule has 2 aliphatic rings. The van der Waals surface area contributed by atoms with Crippen LogP contribution < -0.4 is 0 Å². The highest BCUT2D eigenvalue weighted by Crippen LogP contribution is 2.31. The van der Waals surface area contributed by atoms with Crippen LogP contribution in [0, 0.1) is 17.6 Å². The maximum Gasteiger partial charge on any atom is 0.240 e. The van der Waals surface area contributed by atoms with Gasteiger partial charge in [0.1, 0.15) is 11.6 Å². The van der Waals surface area contributed by atoms with Crippen molar-refractivity contribution in [1.29, 1.82) is 0 Å². The lowest BCUT2D eigenvalue weighted by Gasteiger charge is -2.43. The number of halogens is 2. The summed E-state index contributed by atoms with van der Waals surface area (Å²) < 4.78 is 27.3. The van der Waals surface area contributed by atoms with Gasteiger partial charge in [0.2, 0.25) is 5.91 Å². The SMILES string of the molecule is CC(C)CC(C(=O)N1CCN(C(c2ccc(F)cc2)c2ccc(F)cc2)CC1)N(C)C1CCCCC1. The number of carbonyl (C=O) groups excluding carboxylic acids is 1. The van der Waals surface area contributed by atoms with Crippen LogP contribution >= 0.6 is 0 Å². The molecule has 36 heavy (non-hydrogen) atoms. The molecule has 4 nitrogen and oxygen atoms in total. The van der Waals surface area contributed by atoms with Crippen molar-refractivity contribution in [3.05, 3.63) is 71.3 Å². The number of piperazine rings is 1. The van der Waals surface area contributed by atoms with Crippen molar-refractivity contribution in [1.82, 2.24) is 14.7 Å². The van der Waals surface area contributed by atoms with E-state index in [1.54, 1.807) is 24.3 Å². The van der Waals surface area contributed by atoms with E-state index < -0.39 is 0 Å². The largest absolute Gasteiger partial charge is 0.339 e. The molecule has 0 radical (unpaired) electrons. The molecular weight excluding hydrogens is 456 g/mol. The number of likely N-dealkylation sites (N-methyl/N-ethyl adjacent to an activating group) is 1. The van der Waals surface area contributed by atoms with Crippen molar-refractivity contribution >= 4 is 5.91 Å². The van der Waals surface area contributed by atoms with E-state index >= 15 is 0 Å². The van der Waals surface area contributed by atoms with Gasteiger partial charge in [0.15, 0.2) is 0 Å². The number of hydrogen-bond donors (Lipinski definition) is 0. The van der Waals surface area contributed by atoms with E-state index in [1.807, 2.05) is 4.90 Å². The van der Waals surface area contributed by atoms with Gasteiger partial charge in [-0.15, -0.1) is 0 Å². The van der Waals surface area contributed by atoms with E-state index in [0.717, 1.165) is 17.5 Å². The zero-order valence-corrected chi connectivity index (χ0v) is 22.0. The molecule has 0 spiro atoms. The molecule has 1 aliphatic heterocycles. The van der Waals surface area contributed by atoms with Gasteiger partial charge in [-0.3, -0.25) is 14.6 Å². The van der Waals surface area contributed by atoms with Crippen LogP contribution in [0.2, 0.25) is 0 Å². The average molecular weight is 498 g/mol. The summed E-state index contributed by atoms with van der Waals surface area (Å²) in [7, 11) is 2.15. The lowest BCUT2D eigenvalue weighted by atomic mass is 9.91. The summed E-state index contributed by atoms with van der Waals surface area (Å²) in [5.74, 6) is 0.153. The Morgan fingerprint density at radius 3 is 1.83 bits per heavy atom. The number of hydrogen-bond acceptors (Lipinski definition) is 3. The Balaban J connectivity index is 1.48. The molecule has 1 saturated heterocycles. The third kappa shape index (κ3) is 6.51. The number of benzene rings is 2. The van der Waals surface area contributed by atoms with Crippen molar-refractivity contribution in [2.24, 2.45) is 5.92 Å². The van der Waals surface area contributed by atoms with E-state index in [9.17, 15) is 13.6 Å². The Hall–Kier alpha value is -2.31. The molecule has 2 aromatic carbocycles. The summed E-state index contributed by atoms with van der Waals surface area (Å²) in [5, 5.41) is 0. The molecule has 1 saturated carbocycles. The monoisotopic (exact) mass is 497 g/mol. The molecule has 1 heterocycles. The van der Waals surface area contributed by atoms with Crippen LogP contribution in [-0.2, 0) is 4.79 Å². The van der Waals surface area contributed by atoms with E-state index in [4.69, 9.17) is 0 Å². The number of nitrogens with zero attached hydrogens (tertiary/aromatic N) is 3. The zero-order valence-electron chi connectivity index (χ0n) is 22.0. The first-order chi connectivity index (χ1) is 17.3. The molecule has 1 atom stereocenters. The molecule has 2 fully saturated rings. The van der Waals surface area contributed by atoms with Crippen molar-refractivity contribution in [2.75, 3.05) is 33.2 Å². The van der Waals surface area contributed by atoms with Gasteiger partial charge in [0.05, 0.1) is 12.1 Å². The summed E-state index contributed by atoms with van der Waals surface area (Å²) in [6.07, 6.45) is 7.05. The molecular formula is C30H41F2N3O. The average Bonchev–Trinajstić information content (AvgIpc) is 2.89. The summed E-state index contributed by atoms with van der Waals surface area (Å²) in [5.41, 5.74) is 1.94. The Kier molecular flexibility index (Phi) is 9.13. The molecule has 0 bridgehead atoms. The predicted octanol–water partition coefficient (Wildman–Crippen LogP) is 5.88. The van der Waals surface area contributed by atoms with Crippen LogP contribution in [0.4, 0.5) is 8.78 Å². The van der Waals surface area contributed by atoms with Gasteiger partial charge in [-0.05, 0) is 67.6 Å². The Labute approximate surface area is 215 Å². The van der Waals surface area contributed by atoms with Gasteiger partial charge in [-0.25, -0.2) is 8.78 Å². The third-order valence-electron chi connectivity index (χ3n) is 7.98. The van der Waals surface area contributed by atoms with Crippen LogP contribution in [0.1, 0.15) is 69.5 Å². The fraction of sp³-hybridized carbons (Fsp3) is 0.567. The summed E-state index contributed by atoms with van der Waals surface area (Å²) in [6, 6.07) is 13.4. The van der Waals surface area contributed by atoms with Gasteiger partial charge in [-0.2, -0.15) is 0 Å². The smallest absolute Gasteiger partial charge is 0.240 e. The summed E-state index contributed by atoms with van der Waals surface area (Å²) in [6.45, 7) is 7.14. The lowest BCUT2D eigenvalue weighted by Crippen LogP contribution is -2.56. The molecule has 0 N–H and O–H groups in total. The second kappa shape index (κ2) is 12.3. The van der Waals surface area contributed by atoms with Gasteiger partial charge in [-0.1, -0.05) is 57.4 Å². The van der Waals surface area contributed by atoms with Crippen LogP contribution in [-0.4, -0.2) is 65.9 Å². The Morgan fingerprint density at radius 1 is 0.861 bits per heavy atom. The normalized spacial score (nSPS) is 18.8. The first-order valence-electron chi connectivity index (χ1n) is 13.6.